The monoisotopic (exact) mass is 305 g/mol. The number of hydrogen-bond donors (Lipinski definition) is 2. The molecule has 0 aliphatic carbocycles. The minimum absolute atomic E-state index is 0.0253. The molecule has 2 aromatic carbocycles. The van der Waals surface area contributed by atoms with Gasteiger partial charge in [-0.3, -0.25) is 4.79 Å². The molecule has 2 aromatic rings. The standard InChI is InChI=1S/C14H12BrNO2/c1-9-6-7-10(15)8-12(9)16-14(18)11-4-2-3-5-13(11)17/h2-8,17H,1H3,(H,16,18). The van der Waals surface area contributed by atoms with E-state index < -0.39 is 0 Å². The van der Waals surface area contributed by atoms with E-state index in [-0.39, 0.29) is 17.2 Å². The predicted octanol–water partition coefficient (Wildman–Crippen LogP) is 3.72. The molecule has 1 amide bonds. The summed E-state index contributed by atoms with van der Waals surface area (Å²) in [6.45, 7) is 1.91. The van der Waals surface area contributed by atoms with Crippen molar-refractivity contribution in [3.05, 3.63) is 58.1 Å². The summed E-state index contributed by atoms with van der Waals surface area (Å²) < 4.78 is 0.890. The van der Waals surface area contributed by atoms with Crippen molar-refractivity contribution in [3.63, 3.8) is 0 Å². The lowest BCUT2D eigenvalue weighted by Gasteiger charge is -2.09. The van der Waals surface area contributed by atoms with E-state index in [1.165, 1.54) is 6.07 Å². The van der Waals surface area contributed by atoms with E-state index in [1.54, 1.807) is 18.2 Å². The second-order valence-corrected chi connectivity index (χ2v) is 4.85. The third kappa shape index (κ3) is 2.71. The molecule has 0 aliphatic rings. The SMILES string of the molecule is Cc1ccc(Br)cc1NC(=O)c1ccccc1O. The molecule has 0 saturated carbocycles. The number of anilines is 1. The van der Waals surface area contributed by atoms with Crippen LogP contribution < -0.4 is 5.32 Å². The maximum Gasteiger partial charge on any atom is 0.259 e. The van der Waals surface area contributed by atoms with Crippen LogP contribution in [0.3, 0.4) is 0 Å². The molecule has 0 atom stereocenters. The van der Waals surface area contributed by atoms with Gasteiger partial charge < -0.3 is 10.4 Å². The first-order valence-corrected chi connectivity index (χ1v) is 6.23. The van der Waals surface area contributed by atoms with Crippen molar-refractivity contribution in [3.8, 4) is 5.75 Å². The van der Waals surface area contributed by atoms with Gasteiger partial charge >= 0.3 is 0 Å². The van der Waals surface area contributed by atoms with Crippen molar-refractivity contribution in [1.82, 2.24) is 0 Å². The fourth-order valence-corrected chi connectivity index (χ4v) is 1.95. The fourth-order valence-electron chi connectivity index (χ4n) is 1.58. The van der Waals surface area contributed by atoms with Gasteiger partial charge in [0.05, 0.1) is 5.56 Å². The van der Waals surface area contributed by atoms with E-state index in [0.29, 0.717) is 0 Å². The lowest BCUT2D eigenvalue weighted by Crippen LogP contribution is -2.12. The number of carbonyl (C=O) groups is 1. The summed E-state index contributed by atoms with van der Waals surface area (Å²) in [5, 5.41) is 12.4. The van der Waals surface area contributed by atoms with Crippen molar-refractivity contribution in [2.24, 2.45) is 0 Å². The van der Waals surface area contributed by atoms with Crippen LogP contribution in [-0.4, -0.2) is 11.0 Å². The Labute approximate surface area is 114 Å². The highest BCUT2D eigenvalue weighted by Crippen LogP contribution is 2.23. The van der Waals surface area contributed by atoms with E-state index in [1.807, 2.05) is 25.1 Å². The zero-order valence-corrected chi connectivity index (χ0v) is 11.4. The normalized spacial score (nSPS) is 10.1. The minimum Gasteiger partial charge on any atom is -0.507 e. The molecule has 0 heterocycles. The van der Waals surface area contributed by atoms with Gasteiger partial charge in [0, 0.05) is 10.2 Å². The molecule has 2 N–H and O–H groups in total. The minimum atomic E-state index is -0.325. The number of rotatable bonds is 2. The molecular weight excluding hydrogens is 294 g/mol. The highest BCUT2D eigenvalue weighted by Gasteiger charge is 2.11. The number of aryl methyl sites for hydroxylation is 1. The first kappa shape index (κ1) is 12.6. The van der Waals surface area contributed by atoms with Gasteiger partial charge in [-0.25, -0.2) is 0 Å². The second-order valence-electron chi connectivity index (χ2n) is 3.93. The highest BCUT2D eigenvalue weighted by atomic mass is 79.9. The molecule has 0 unspecified atom stereocenters. The number of aromatic hydroxyl groups is 1. The van der Waals surface area contributed by atoms with Crippen molar-refractivity contribution < 1.29 is 9.90 Å². The van der Waals surface area contributed by atoms with Crippen molar-refractivity contribution in [1.29, 1.82) is 0 Å². The third-order valence-electron chi connectivity index (χ3n) is 2.60. The molecule has 92 valence electrons. The summed E-state index contributed by atoms with van der Waals surface area (Å²) in [4.78, 5) is 12.0. The Bertz CT molecular complexity index is 596. The van der Waals surface area contributed by atoms with Crippen LogP contribution in [0.25, 0.3) is 0 Å². The molecule has 18 heavy (non-hydrogen) atoms. The van der Waals surface area contributed by atoms with Crippen LogP contribution in [0.4, 0.5) is 5.69 Å². The van der Waals surface area contributed by atoms with Crippen molar-refractivity contribution in [2.75, 3.05) is 5.32 Å². The summed E-state index contributed by atoms with van der Waals surface area (Å²) in [5.41, 5.74) is 1.94. The average Bonchev–Trinajstić information content (AvgIpc) is 2.34. The molecule has 2 rings (SSSR count). The lowest BCUT2D eigenvalue weighted by molar-refractivity contribution is 0.102. The maximum absolute atomic E-state index is 12.0. The Morgan fingerprint density at radius 3 is 2.67 bits per heavy atom. The van der Waals surface area contributed by atoms with Gasteiger partial charge in [-0.05, 0) is 36.8 Å². The zero-order valence-electron chi connectivity index (χ0n) is 9.77. The van der Waals surface area contributed by atoms with Crippen molar-refractivity contribution >= 4 is 27.5 Å². The summed E-state index contributed by atoms with van der Waals surface area (Å²) >= 11 is 3.36. The largest absolute Gasteiger partial charge is 0.507 e. The molecule has 0 bridgehead atoms. The molecule has 0 radical (unpaired) electrons. The molecule has 0 aliphatic heterocycles. The molecule has 3 nitrogen and oxygen atoms in total. The van der Waals surface area contributed by atoms with Crippen LogP contribution in [0, 0.1) is 6.92 Å². The highest BCUT2D eigenvalue weighted by molar-refractivity contribution is 9.10. The average molecular weight is 306 g/mol. The fraction of sp³-hybridized carbons (Fsp3) is 0.0714. The summed E-state index contributed by atoms with van der Waals surface area (Å²) in [6, 6.07) is 12.1. The number of amides is 1. The van der Waals surface area contributed by atoms with E-state index >= 15 is 0 Å². The number of carbonyl (C=O) groups excluding carboxylic acids is 1. The van der Waals surface area contributed by atoms with Crippen LogP contribution in [0.2, 0.25) is 0 Å². The first-order valence-electron chi connectivity index (χ1n) is 5.43. The summed E-state index contributed by atoms with van der Waals surface area (Å²) in [6.07, 6.45) is 0. The van der Waals surface area contributed by atoms with E-state index in [9.17, 15) is 9.90 Å². The number of benzene rings is 2. The Balaban J connectivity index is 2.27. The topological polar surface area (TPSA) is 49.3 Å². The zero-order chi connectivity index (χ0) is 13.1. The summed E-state index contributed by atoms with van der Waals surface area (Å²) in [7, 11) is 0. The van der Waals surface area contributed by atoms with E-state index in [4.69, 9.17) is 0 Å². The van der Waals surface area contributed by atoms with Crippen LogP contribution in [0.1, 0.15) is 15.9 Å². The number of nitrogens with one attached hydrogen (secondary N) is 1. The molecule has 0 spiro atoms. The number of hydrogen-bond acceptors (Lipinski definition) is 2. The van der Waals surface area contributed by atoms with Crippen LogP contribution in [0.15, 0.2) is 46.9 Å². The van der Waals surface area contributed by atoms with E-state index in [2.05, 4.69) is 21.2 Å². The smallest absolute Gasteiger partial charge is 0.259 e. The van der Waals surface area contributed by atoms with Crippen LogP contribution in [0.5, 0.6) is 5.75 Å². The maximum atomic E-state index is 12.0. The van der Waals surface area contributed by atoms with Crippen molar-refractivity contribution in [2.45, 2.75) is 6.92 Å². The Morgan fingerprint density at radius 2 is 1.94 bits per heavy atom. The van der Waals surface area contributed by atoms with E-state index in [0.717, 1.165) is 15.7 Å². The second kappa shape index (κ2) is 5.23. The van der Waals surface area contributed by atoms with Gasteiger partial charge in [0.15, 0.2) is 0 Å². The lowest BCUT2D eigenvalue weighted by atomic mass is 10.1. The Morgan fingerprint density at radius 1 is 1.22 bits per heavy atom. The molecule has 0 aromatic heterocycles. The van der Waals surface area contributed by atoms with Gasteiger partial charge in [-0.2, -0.15) is 0 Å². The number of halogens is 1. The molecule has 0 saturated heterocycles. The first-order chi connectivity index (χ1) is 8.58. The molecule has 4 heteroatoms. The number of phenolic OH excluding ortho intramolecular Hbond substituents is 1. The molecular formula is C14H12BrNO2. The quantitative estimate of drug-likeness (QED) is 0.888. The summed E-state index contributed by atoms with van der Waals surface area (Å²) in [5.74, 6) is -0.350. The van der Waals surface area contributed by atoms with Gasteiger partial charge in [0.1, 0.15) is 5.75 Å². The van der Waals surface area contributed by atoms with Crippen LogP contribution >= 0.6 is 15.9 Å². The number of phenols is 1. The van der Waals surface area contributed by atoms with Gasteiger partial charge in [-0.15, -0.1) is 0 Å². The van der Waals surface area contributed by atoms with Gasteiger partial charge in [0.2, 0.25) is 0 Å². The van der Waals surface area contributed by atoms with Gasteiger partial charge in [-0.1, -0.05) is 34.1 Å². The third-order valence-corrected chi connectivity index (χ3v) is 3.09. The Kier molecular flexibility index (Phi) is 3.67. The Hall–Kier alpha value is -1.81. The van der Waals surface area contributed by atoms with Crippen LogP contribution in [-0.2, 0) is 0 Å². The predicted molar refractivity (Wildman–Crippen MR) is 74.9 cm³/mol. The number of para-hydroxylation sites is 1. The molecule has 0 fully saturated rings. The van der Waals surface area contributed by atoms with Gasteiger partial charge in [0.25, 0.3) is 5.91 Å².